The fourth-order valence-corrected chi connectivity index (χ4v) is 2.80. The van der Waals surface area contributed by atoms with Crippen molar-refractivity contribution in [1.82, 2.24) is 10.2 Å². The van der Waals surface area contributed by atoms with E-state index in [2.05, 4.69) is 62.3 Å². The quantitative estimate of drug-likeness (QED) is 0.781. The van der Waals surface area contributed by atoms with Crippen LogP contribution in [0.3, 0.4) is 0 Å². The van der Waals surface area contributed by atoms with Crippen LogP contribution in [0.1, 0.15) is 44.7 Å². The van der Waals surface area contributed by atoms with Crippen molar-refractivity contribution in [2.24, 2.45) is 5.92 Å². The lowest BCUT2D eigenvalue weighted by Crippen LogP contribution is -2.31. The molecule has 1 aliphatic rings. The second-order valence-electron chi connectivity index (χ2n) is 6.62. The fraction of sp³-hybridized carbons (Fsp3) is 0.667. The van der Waals surface area contributed by atoms with E-state index >= 15 is 0 Å². The summed E-state index contributed by atoms with van der Waals surface area (Å²) in [7, 11) is 2.27. The molecule has 2 heteroatoms. The van der Waals surface area contributed by atoms with Gasteiger partial charge in [0, 0.05) is 18.6 Å². The van der Waals surface area contributed by atoms with Crippen molar-refractivity contribution in [3.05, 3.63) is 35.4 Å². The van der Waals surface area contributed by atoms with Gasteiger partial charge >= 0.3 is 0 Å². The molecule has 0 amide bonds. The Morgan fingerprint density at radius 1 is 1.15 bits per heavy atom. The molecule has 1 unspecified atom stereocenters. The van der Waals surface area contributed by atoms with Crippen molar-refractivity contribution < 1.29 is 0 Å². The van der Waals surface area contributed by atoms with E-state index in [0.29, 0.717) is 6.04 Å². The SMILES string of the molecule is CC(C)NCCc1ccccc1CN(C)C(C)C1CC1. The minimum absolute atomic E-state index is 0.569. The van der Waals surface area contributed by atoms with E-state index < -0.39 is 0 Å². The van der Waals surface area contributed by atoms with Crippen molar-refractivity contribution in [3.63, 3.8) is 0 Å². The van der Waals surface area contributed by atoms with Crippen LogP contribution in [0.15, 0.2) is 24.3 Å². The predicted octanol–water partition coefficient (Wildman–Crippen LogP) is 3.46. The maximum Gasteiger partial charge on any atom is 0.0236 e. The van der Waals surface area contributed by atoms with Crippen molar-refractivity contribution in [2.75, 3.05) is 13.6 Å². The van der Waals surface area contributed by atoms with E-state index in [9.17, 15) is 0 Å². The summed E-state index contributed by atoms with van der Waals surface area (Å²) in [5.74, 6) is 0.940. The zero-order valence-electron chi connectivity index (χ0n) is 13.5. The van der Waals surface area contributed by atoms with Crippen LogP contribution < -0.4 is 5.32 Å². The van der Waals surface area contributed by atoms with Crippen LogP contribution >= 0.6 is 0 Å². The molecule has 112 valence electrons. The molecular formula is C18H30N2. The lowest BCUT2D eigenvalue weighted by molar-refractivity contribution is 0.226. The van der Waals surface area contributed by atoms with Crippen LogP contribution in [0.4, 0.5) is 0 Å². The first-order chi connectivity index (χ1) is 9.58. The van der Waals surface area contributed by atoms with Crippen molar-refractivity contribution in [2.45, 2.75) is 58.7 Å². The summed E-state index contributed by atoms with van der Waals surface area (Å²) in [6, 6.07) is 10.2. The highest BCUT2D eigenvalue weighted by Gasteiger charge is 2.30. The number of hydrogen-bond donors (Lipinski definition) is 1. The fourth-order valence-electron chi connectivity index (χ4n) is 2.80. The molecule has 2 rings (SSSR count). The highest BCUT2D eigenvalue weighted by molar-refractivity contribution is 5.27. The molecule has 0 radical (unpaired) electrons. The number of nitrogens with one attached hydrogen (secondary N) is 1. The molecule has 20 heavy (non-hydrogen) atoms. The molecule has 1 saturated carbocycles. The third-order valence-corrected chi connectivity index (χ3v) is 4.48. The van der Waals surface area contributed by atoms with Crippen molar-refractivity contribution in [1.29, 1.82) is 0 Å². The van der Waals surface area contributed by atoms with Gasteiger partial charge in [0.2, 0.25) is 0 Å². The minimum atomic E-state index is 0.569. The van der Waals surface area contributed by atoms with E-state index in [1.807, 2.05) is 0 Å². The summed E-state index contributed by atoms with van der Waals surface area (Å²) >= 11 is 0. The molecule has 1 aliphatic carbocycles. The molecule has 0 aliphatic heterocycles. The lowest BCUT2D eigenvalue weighted by atomic mass is 10.0. The summed E-state index contributed by atoms with van der Waals surface area (Å²) in [5.41, 5.74) is 2.99. The standard InChI is InChI=1S/C18H30N2/c1-14(2)19-12-11-17-7-5-6-8-18(17)13-20(4)15(3)16-9-10-16/h5-8,14-16,19H,9-13H2,1-4H3. The maximum atomic E-state index is 3.51. The Bertz CT molecular complexity index is 410. The zero-order valence-corrected chi connectivity index (χ0v) is 13.5. The Balaban J connectivity index is 1.92. The number of rotatable bonds is 8. The van der Waals surface area contributed by atoms with E-state index in [4.69, 9.17) is 0 Å². The van der Waals surface area contributed by atoms with Gasteiger partial charge in [0.25, 0.3) is 0 Å². The molecule has 1 aromatic rings. The van der Waals surface area contributed by atoms with Crippen LogP contribution in [-0.4, -0.2) is 30.6 Å². The molecule has 0 aromatic heterocycles. The van der Waals surface area contributed by atoms with Crippen molar-refractivity contribution >= 4 is 0 Å². The zero-order chi connectivity index (χ0) is 14.5. The lowest BCUT2D eigenvalue weighted by Gasteiger charge is -2.25. The molecule has 0 spiro atoms. The monoisotopic (exact) mass is 274 g/mol. The van der Waals surface area contributed by atoms with Crippen LogP contribution in [0.2, 0.25) is 0 Å². The Labute approximate surface area is 124 Å². The van der Waals surface area contributed by atoms with Gasteiger partial charge in [-0.2, -0.15) is 0 Å². The second-order valence-corrected chi connectivity index (χ2v) is 6.62. The summed E-state index contributed by atoms with van der Waals surface area (Å²) in [5, 5.41) is 3.51. The number of benzene rings is 1. The van der Waals surface area contributed by atoms with Crippen LogP contribution in [0, 0.1) is 5.92 Å². The summed E-state index contributed by atoms with van der Waals surface area (Å²) in [4.78, 5) is 2.52. The topological polar surface area (TPSA) is 15.3 Å². The Hall–Kier alpha value is -0.860. The van der Waals surface area contributed by atoms with Gasteiger partial charge in [0.1, 0.15) is 0 Å². The average Bonchev–Trinajstić information content (AvgIpc) is 3.23. The van der Waals surface area contributed by atoms with Gasteiger partial charge in [0.05, 0.1) is 0 Å². The van der Waals surface area contributed by atoms with E-state index in [1.165, 1.54) is 24.0 Å². The van der Waals surface area contributed by atoms with Gasteiger partial charge in [-0.05, 0) is 56.8 Å². The molecular weight excluding hydrogens is 244 g/mol. The van der Waals surface area contributed by atoms with Crippen LogP contribution in [0.25, 0.3) is 0 Å². The normalized spacial score (nSPS) is 16.9. The smallest absolute Gasteiger partial charge is 0.0236 e. The minimum Gasteiger partial charge on any atom is -0.314 e. The average molecular weight is 274 g/mol. The highest BCUT2D eigenvalue weighted by Crippen LogP contribution is 2.35. The Morgan fingerprint density at radius 2 is 1.80 bits per heavy atom. The van der Waals surface area contributed by atoms with Gasteiger partial charge in [-0.25, -0.2) is 0 Å². The van der Waals surface area contributed by atoms with E-state index in [-0.39, 0.29) is 0 Å². The highest BCUT2D eigenvalue weighted by atomic mass is 15.1. The molecule has 1 N–H and O–H groups in total. The third-order valence-electron chi connectivity index (χ3n) is 4.48. The summed E-state index contributed by atoms with van der Waals surface area (Å²) < 4.78 is 0. The first kappa shape index (κ1) is 15.5. The maximum absolute atomic E-state index is 3.51. The first-order valence-corrected chi connectivity index (χ1v) is 8.08. The Kier molecular flexibility index (Phi) is 5.62. The number of nitrogens with zero attached hydrogens (tertiary/aromatic N) is 1. The molecule has 0 heterocycles. The van der Waals surface area contributed by atoms with Gasteiger partial charge in [-0.1, -0.05) is 38.1 Å². The van der Waals surface area contributed by atoms with Crippen molar-refractivity contribution in [3.8, 4) is 0 Å². The van der Waals surface area contributed by atoms with Gasteiger partial charge in [-0.15, -0.1) is 0 Å². The third kappa shape index (κ3) is 4.60. The van der Waals surface area contributed by atoms with Gasteiger partial charge in [-0.3, -0.25) is 4.90 Å². The molecule has 2 nitrogen and oxygen atoms in total. The summed E-state index contributed by atoms with van der Waals surface area (Å²) in [6.07, 6.45) is 3.97. The number of hydrogen-bond acceptors (Lipinski definition) is 2. The van der Waals surface area contributed by atoms with Crippen LogP contribution in [0.5, 0.6) is 0 Å². The summed E-state index contributed by atoms with van der Waals surface area (Å²) in [6.45, 7) is 8.93. The van der Waals surface area contributed by atoms with Gasteiger partial charge < -0.3 is 5.32 Å². The molecule has 0 saturated heterocycles. The van der Waals surface area contributed by atoms with Gasteiger partial charge in [0.15, 0.2) is 0 Å². The molecule has 1 aromatic carbocycles. The van der Waals surface area contributed by atoms with E-state index in [1.54, 1.807) is 0 Å². The molecule has 0 bridgehead atoms. The second kappa shape index (κ2) is 7.24. The molecule has 1 atom stereocenters. The Morgan fingerprint density at radius 3 is 2.40 bits per heavy atom. The largest absolute Gasteiger partial charge is 0.314 e. The predicted molar refractivity (Wildman–Crippen MR) is 86.9 cm³/mol. The molecule has 1 fully saturated rings. The first-order valence-electron chi connectivity index (χ1n) is 8.08. The van der Waals surface area contributed by atoms with E-state index in [0.717, 1.165) is 31.5 Å². The van der Waals surface area contributed by atoms with Crippen LogP contribution in [-0.2, 0) is 13.0 Å².